The predicted molar refractivity (Wildman–Crippen MR) is 152 cm³/mol. The molecule has 3 nitrogen and oxygen atoms in total. The average molecular weight is 468 g/mol. The van der Waals surface area contributed by atoms with Crippen molar-refractivity contribution >= 4 is 17.1 Å². The van der Waals surface area contributed by atoms with Crippen molar-refractivity contribution in [1.29, 1.82) is 0 Å². The van der Waals surface area contributed by atoms with Gasteiger partial charge in [0, 0.05) is 11.8 Å². The fourth-order valence-electron chi connectivity index (χ4n) is 5.03. The maximum Gasteiger partial charge on any atom is 0.0847 e. The molecule has 0 radical (unpaired) electrons. The largest absolute Gasteiger partial charge is 0.263 e. The number of nitrogens with one attached hydrogen (secondary N) is 1. The van der Waals surface area contributed by atoms with Gasteiger partial charge >= 0.3 is 0 Å². The number of hydrogen-bond donors (Lipinski definition) is 1. The highest BCUT2D eigenvalue weighted by molar-refractivity contribution is 5.86. The van der Waals surface area contributed by atoms with Gasteiger partial charge in [0.05, 0.1) is 17.1 Å². The lowest BCUT2D eigenvalue weighted by atomic mass is 9.92. The lowest BCUT2D eigenvalue weighted by Crippen LogP contribution is -2.42. The van der Waals surface area contributed by atoms with E-state index in [2.05, 4.69) is 144 Å². The summed E-state index contributed by atoms with van der Waals surface area (Å²) in [6.45, 7) is 18.3. The normalized spacial score (nSPS) is 14.1. The summed E-state index contributed by atoms with van der Waals surface area (Å²) in [7, 11) is 0. The van der Waals surface area contributed by atoms with E-state index >= 15 is 0 Å². The zero-order valence-electron chi connectivity index (χ0n) is 22.6. The van der Waals surface area contributed by atoms with Crippen LogP contribution in [0.15, 0.2) is 72.9 Å². The topological polar surface area (TPSA) is 18.5 Å². The van der Waals surface area contributed by atoms with Gasteiger partial charge in [0.1, 0.15) is 0 Å². The molecule has 0 aliphatic carbocycles. The highest BCUT2D eigenvalue weighted by atomic mass is 15.8. The number of anilines is 2. The molecule has 0 bridgehead atoms. The van der Waals surface area contributed by atoms with Gasteiger partial charge in [0.2, 0.25) is 0 Å². The van der Waals surface area contributed by atoms with Crippen molar-refractivity contribution in [1.82, 2.24) is 5.53 Å². The van der Waals surface area contributed by atoms with Crippen LogP contribution in [0, 0.1) is 0 Å². The molecule has 0 saturated carbocycles. The van der Waals surface area contributed by atoms with Crippen LogP contribution in [0.3, 0.4) is 0 Å². The van der Waals surface area contributed by atoms with E-state index in [1.54, 1.807) is 0 Å². The number of rotatable bonds is 7. The van der Waals surface area contributed by atoms with Crippen LogP contribution in [0.1, 0.15) is 107 Å². The highest BCUT2D eigenvalue weighted by Gasteiger charge is 2.31. The van der Waals surface area contributed by atoms with Gasteiger partial charge in [-0.3, -0.25) is 10.0 Å². The van der Waals surface area contributed by atoms with Crippen LogP contribution in [-0.2, 0) is 0 Å². The van der Waals surface area contributed by atoms with E-state index in [4.69, 9.17) is 0 Å². The van der Waals surface area contributed by atoms with Crippen molar-refractivity contribution in [2.45, 2.75) is 79.1 Å². The Morgan fingerprint density at radius 3 is 1.37 bits per heavy atom. The lowest BCUT2D eigenvalue weighted by Gasteiger charge is -2.32. The van der Waals surface area contributed by atoms with E-state index in [1.807, 2.05) is 0 Å². The van der Waals surface area contributed by atoms with Crippen LogP contribution in [0.4, 0.5) is 11.4 Å². The van der Waals surface area contributed by atoms with E-state index in [0.29, 0.717) is 23.7 Å². The molecule has 0 saturated heterocycles. The van der Waals surface area contributed by atoms with Crippen molar-refractivity contribution in [3.63, 3.8) is 0 Å². The molecular weight excluding hydrogens is 426 g/mol. The molecule has 0 amide bonds. The van der Waals surface area contributed by atoms with Crippen molar-refractivity contribution in [2.75, 3.05) is 10.0 Å². The smallest absolute Gasteiger partial charge is 0.0847 e. The van der Waals surface area contributed by atoms with E-state index < -0.39 is 0 Å². The van der Waals surface area contributed by atoms with Gasteiger partial charge in [-0.25, -0.2) is 0 Å². The Kier molecular flexibility index (Phi) is 7.37. The minimum Gasteiger partial charge on any atom is -0.263 e. The minimum atomic E-state index is 0.408. The van der Waals surface area contributed by atoms with Gasteiger partial charge in [-0.05, 0) is 45.9 Å². The third kappa shape index (κ3) is 4.88. The van der Waals surface area contributed by atoms with Crippen LogP contribution >= 0.6 is 0 Å². The molecule has 1 heterocycles. The zero-order chi connectivity index (χ0) is 25.3. The molecule has 184 valence electrons. The Balaban J connectivity index is 1.96. The zero-order valence-corrected chi connectivity index (χ0v) is 22.6. The molecular formula is C32H41N3. The van der Waals surface area contributed by atoms with Gasteiger partial charge in [-0.1, -0.05) is 122 Å². The van der Waals surface area contributed by atoms with Crippen LogP contribution in [0.25, 0.3) is 5.70 Å². The van der Waals surface area contributed by atoms with Crippen LogP contribution < -0.4 is 15.6 Å². The predicted octanol–water partition coefficient (Wildman–Crippen LogP) is 8.93. The second-order valence-electron chi connectivity index (χ2n) is 10.9. The molecule has 1 N–H and O–H groups in total. The number of benzene rings is 3. The summed E-state index contributed by atoms with van der Waals surface area (Å²) in [6, 6.07) is 24.2. The van der Waals surface area contributed by atoms with E-state index in [-0.39, 0.29) is 0 Å². The van der Waals surface area contributed by atoms with E-state index in [9.17, 15) is 0 Å². The van der Waals surface area contributed by atoms with Crippen molar-refractivity contribution in [3.8, 4) is 0 Å². The summed E-state index contributed by atoms with van der Waals surface area (Å²) in [6.07, 6.45) is 2.28. The Labute approximate surface area is 212 Å². The van der Waals surface area contributed by atoms with Crippen molar-refractivity contribution in [2.24, 2.45) is 0 Å². The average Bonchev–Trinajstić information content (AvgIpc) is 3.28. The lowest BCUT2D eigenvalue weighted by molar-refractivity contribution is 0.717. The van der Waals surface area contributed by atoms with E-state index in [0.717, 1.165) is 5.70 Å². The third-order valence-corrected chi connectivity index (χ3v) is 6.92. The molecule has 0 fully saturated rings. The minimum absolute atomic E-state index is 0.408. The summed E-state index contributed by atoms with van der Waals surface area (Å²) in [4.78, 5) is 0. The van der Waals surface area contributed by atoms with Crippen molar-refractivity contribution in [3.05, 3.63) is 101 Å². The van der Waals surface area contributed by atoms with E-state index in [1.165, 1.54) is 39.2 Å². The molecule has 4 rings (SSSR count). The van der Waals surface area contributed by atoms with Crippen molar-refractivity contribution < 1.29 is 0 Å². The van der Waals surface area contributed by atoms with Gasteiger partial charge in [-0.15, -0.1) is 5.53 Å². The van der Waals surface area contributed by atoms with Crippen LogP contribution in [0.2, 0.25) is 0 Å². The Morgan fingerprint density at radius 2 is 0.943 bits per heavy atom. The standard InChI is InChI=1S/C32H41N3/c1-21(2)26-16-12-17-27(22(3)4)31(26)34-20-30(25-14-10-9-11-15-25)35(33-34)32-28(23(5)6)18-13-19-29(32)24(7)8/h9-24,33H,1-8H3. The fraction of sp³-hybridized carbons (Fsp3) is 0.375. The number of para-hydroxylation sites is 2. The highest BCUT2D eigenvalue weighted by Crippen LogP contribution is 2.43. The molecule has 35 heavy (non-hydrogen) atoms. The first-order valence-electron chi connectivity index (χ1n) is 13.1. The van der Waals surface area contributed by atoms with Crippen LogP contribution in [-0.4, -0.2) is 0 Å². The monoisotopic (exact) mass is 467 g/mol. The van der Waals surface area contributed by atoms with Gasteiger partial charge in [0.25, 0.3) is 0 Å². The molecule has 3 aromatic carbocycles. The maximum absolute atomic E-state index is 3.83. The molecule has 0 aromatic heterocycles. The first kappa shape index (κ1) is 25.1. The Morgan fingerprint density at radius 1 is 0.514 bits per heavy atom. The number of hydrogen-bond acceptors (Lipinski definition) is 3. The Hall–Kier alpha value is -3.04. The SMILES string of the molecule is CC(C)c1cccc(C(C)C)c1N1C=C(c2ccccc2)N(c2c(C(C)C)cccc2C(C)C)N1. The molecule has 3 heteroatoms. The summed E-state index contributed by atoms with van der Waals surface area (Å²) in [5.74, 6) is 1.65. The Bertz CT molecular complexity index is 1140. The summed E-state index contributed by atoms with van der Waals surface area (Å²) in [5.41, 5.74) is 14.1. The molecule has 0 spiro atoms. The number of nitrogens with zero attached hydrogens (tertiary/aromatic N) is 2. The molecule has 1 aliphatic rings. The first-order valence-corrected chi connectivity index (χ1v) is 13.1. The number of hydrazine groups is 2. The second kappa shape index (κ2) is 10.3. The maximum atomic E-state index is 3.83. The summed E-state index contributed by atoms with van der Waals surface area (Å²) < 4.78 is 0. The quantitative estimate of drug-likeness (QED) is 0.374. The first-order chi connectivity index (χ1) is 16.7. The second-order valence-corrected chi connectivity index (χ2v) is 10.9. The van der Waals surface area contributed by atoms with Gasteiger partial charge < -0.3 is 0 Å². The fourth-order valence-corrected chi connectivity index (χ4v) is 5.03. The molecule has 0 unspecified atom stereocenters. The van der Waals surface area contributed by atoms with Gasteiger partial charge in [0.15, 0.2) is 0 Å². The molecule has 3 aromatic rings. The molecule has 0 atom stereocenters. The summed E-state index contributed by atoms with van der Waals surface area (Å²) >= 11 is 0. The molecule has 1 aliphatic heterocycles. The third-order valence-electron chi connectivity index (χ3n) is 6.92. The van der Waals surface area contributed by atoms with Gasteiger partial charge in [-0.2, -0.15) is 0 Å². The summed E-state index contributed by atoms with van der Waals surface area (Å²) in [5, 5.41) is 4.58. The van der Waals surface area contributed by atoms with Crippen LogP contribution in [0.5, 0.6) is 0 Å².